The predicted molar refractivity (Wildman–Crippen MR) is 113 cm³/mol. The number of anilines is 1. The molecule has 1 saturated carbocycles. The van der Waals surface area contributed by atoms with Crippen LogP contribution < -0.4 is 10.2 Å². The van der Waals surface area contributed by atoms with E-state index in [1.807, 2.05) is 25.1 Å². The molecule has 2 aromatic heterocycles. The summed E-state index contributed by atoms with van der Waals surface area (Å²) < 4.78 is 2.13. The minimum absolute atomic E-state index is 0.122. The number of hydrogen-bond donors (Lipinski definition) is 2. The van der Waals surface area contributed by atoms with Crippen molar-refractivity contribution in [1.82, 2.24) is 25.1 Å². The normalized spacial score (nSPS) is 17.8. The van der Waals surface area contributed by atoms with Crippen LogP contribution in [0.4, 0.5) is 5.82 Å². The molecule has 1 aliphatic carbocycles. The molecule has 0 spiro atoms. The van der Waals surface area contributed by atoms with E-state index in [9.17, 15) is 4.79 Å². The van der Waals surface area contributed by atoms with E-state index in [4.69, 9.17) is 0 Å². The third-order valence-corrected chi connectivity index (χ3v) is 6.19. The van der Waals surface area contributed by atoms with E-state index < -0.39 is 0 Å². The van der Waals surface area contributed by atoms with Gasteiger partial charge in [0, 0.05) is 49.8 Å². The maximum Gasteiger partial charge on any atom is 0.222 e. The third-order valence-electron chi connectivity index (χ3n) is 6.19. The van der Waals surface area contributed by atoms with E-state index >= 15 is 0 Å². The summed E-state index contributed by atoms with van der Waals surface area (Å²) in [5.41, 5.74) is 3.36. The van der Waals surface area contributed by atoms with Crippen LogP contribution in [0.1, 0.15) is 49.5 Å². The van der Waals surface area contributed by atoms with Gasteiger partial charge < -0.3 is 14.8 Å². The number of aryl methyl sites for hydroxylation is 2. The molecule has 0 bridgehead atoms. The van der Waals surface area contributed by atoms with Gasteiger partial charge in [0.25, 0.3) is 0 Å². The highest BCUT2D eigenvalue weighted by molar-refractivity contribution is 5.78. The molecule has 1 saturated heterocycles. The van der Waals surface area contributed by atoms with E-state index in [0.29, 0.717) is 18.9 Å². The SMILES string of the molecule is Cc1nc2ccccc2n1CCC(=O)NC1CCN(c2cc(C3CC3)[nH]n2)CC1. The summed E-state index contributed by atoms with van der Waals surface area (Å²) in [4.78, 5) is 19.4. The summed E-state index contributed by atoms with van der Waals surface area (Å²) >= 11 is 0. The smallest absolute Gasteiger partial charge is 0.222 e. The first-order valence-electron chi connectivity index (χ1n) is 10.7. The number of fused-ring (bicyclic) bond motifs is 1. The Hall–Kier alpha value is -2.83. The molecule has 7 nitrogen and oxygen atoms in total. The number of aromatic nitrogens is 4. The number of benzene rings is 1. The molecule has 7 heteroatoms. The molecule has 2 fully saturated rings. The number of nitrogens with one attached hydrogen (secondary N) is 2. The fraction of sp³-hybridized carbons (Fsp3) is 0.500. The lowest BCUT2D eigenvalue weighted by Crippen LogP contribution is -2.45. The van der Waals surface area contributed by atoms with E-state index in [1.54, 1.807) is 0 Å². The van der Waals surface area contributed by atoms with Gasteiger partial charge in [-0.3, -0.25) is 9.89 Å². The predicted octanol–water partition coefficient (Wildman–Crippen LogP) is 3.12. The molecular weight excluding hydrogens is 364 g/mol. The molecule has 2 N–H and O–H groups in total. The van der Waals surface area contributed by atoms with Crippen molar-refractivity contribution < 1.29 is 4.79 Å². The minimum atomic E-state index is 0.122. The van der Waals surface area contributed by atoms with Crippen molar-refractivity contribution >= 4 is 22.8 Å². The van der Waals surface area contributed by atoms with Crippen LogP contribution in [0.5, 0.6) is 0 Å². The summed E-state index contributed by atoms with van der Waals surface area (Å²) in [6, 6.07) is 10.5. The Kier molecular flexibility index (Phi) is 4.73. The minimum Gasteiger partial charge on any atom is -0.355 e. The van der Waals surface area contributed by atoms with Crippen LogP contribution in [0.15, 0.2) is 30.3 Å². The summed E-state index contributed by atoms with van der Waals surface area (Å²) in [6.45, 7) is 4.53. The van der Waals surface area contributed by atoms with Gasteiger partial charge in [-0.2, -0.15) is 5.10 Å². The van der Waals surface area contributed by atoms with E-state index in [0.717, 1.165) is 48.6 Å². The summed E-state index contributed by atoms with van der Waals surface area (Å²) in [7, 11) is 0. The Labute approximate surface area is 170 Å². The van der Waals surface area contributed by atoms with Crippen molar-refractivity contribution in [2.24, 2.45) is 0 Å². The van der Waals surface area contributed by atoms with Gasteiger partial charge in [-0.25, -0.2) is 4.98 Å². The first-order valence-corrected chi connectivity index (χ1v) is 10.7. The highest BCUT2D eigenvalue weighted by Crippen LogP contribution is 2.40. The number of hydrogen-bond acceptors (Lipinski definition) is 4. The largest absolute Gasteiger partial charge is 0.355 e. The van der Waals surface area contributed by atoms with Gasteiger partial charge in [-0.1, -0.05) is 12.1 Å². The monoisotopic (exact) mass is 392 g/mol. The zero-order chi connectivity index (χ0) is 19.8. The molecule has 152 valence electrons. The fourth-order valence-electron chi connectivity index (χ4n) is 4.34. The molecule has 3 heterocycles. The van der Waals surface area contributed by atoms with Crippen LogP contribution in [0, 0.1) is 6.92 Å². The molecule has 29 heavy (non-hydrogen) atoms. The van der Waals surface area contributed by atoms with Gasteiger partial charge in [0.1, 0.15) is 5.82 Å². The number of H-pyrrole nitrogens is 1. The number of carbonyl (C=O) groups excluding carboxylic acids is 1. The molecule has 0 radical (unpaired) electrons. The van der Waals surface area contributed by atoms with Crippen molar-refractivity contribution in [1.29, 1.82) is 0 Å². The maximum absolute atomic E-state index is 12.5. The quantitative estimate of drug-likeness (QED) is 0.676. The van der Waals surface area contributed by atoms with Crippen LogP contribution in [0.25, 0.3) is 11.0 Å². The van der Waals surface area contributed by atoms with Crippen LogP contribution >= 0.6 is 0 Å². The standard InChI is InChI=1S/C22H28N6O/c1-15-23-18-4-2-3-5-20(18)28(15)13-10-22(29)24-17-8-11-27(12-9-17)21-14-19(25-26-21)16-6-7-16/h2-5,14,16-17H,6-13H2,1H3,(H,24,29)(H,25,26). The van der Waals surface area contributed by atoms with Crippen LogP contribution in [0.3, 0.4) is 0 Å². The number of amides is 1. The average molecular weight is 393 g/mol. The first kappa shape index (κ1) is 18.2. The average Bonchev–Trinajstić information content (AvgIpc) is 3.37. The Bertz CT molecular complexity index is 1010. The Morgan fingerprint density at radius 2 is 2.00 bits per heavy atom. The highest BCUT2D eigenvalue weighted by atomic mass is 16.1. The zero-order valence-electron chi connectivity index (χ0n) is 16.9. The Morgan fingerprint density at radius 3 is 2.79 bits per heavy atom. The van der Waals surface area contributed by atoms with Crippen molar-refractivity contribution in [2.45, 2.75) is 57.5 Å². The maximum atomic E-state index is 12.5. The van der Waals surface area contributed by atoms with Crippen LogP contribution in [-0.2, 0) is 11.3 Å². The number of carbonyl (C=O) groups is 1. The number of rotatable bonds is 6. The second kappa shape index (κ2) is 7.54. The van der Waals surface area contributed by atoms with Crippen molar-refractivity contribution in [3.05, 3.63) is 41.9 Å². The Balaban J connectivity index is 1.11. The van der Waals surface area contributed by atoms with Gasteiger partial charge in [-0.05, 0) is 44.7 Å². The lowest BCUT2D eigenvalue weighted by Gasteiger charge is -2.32. The molecule has 1 amide bonds. The number of para-hydroxylation sites is 2. The Morgan fingerprint density at radius 1 is 1.21 bits per heavy atom. The topological polar surface area (TPSA) is 78.8 Å². The molecule has 0 atom stereocenters. The van der Waals surface area contributed by atoms with Crippen molar-refractivity contribution in [3.8, 4) is 0 Å². The van der Waals surface area contributed by atoms with E-state index in [1.165, 1.54) is 18.5 Å². The zero-order valence-corrected chi connectivity index (χ0v) is 16.9. The van der Waals surface area contributed by atoms with Crippen molar-refractivity contribution in [2.75, 3.05) is 18.0 Å². The van der Waals surface area contributed by atoms with Gasteiger partial charge in [0.15, 0.2) is 5.82 Å². The lowest BCUT2D eigenvalue weighted by molar-refractivity contribution is -0.122. The highest BCUT2D eigenvalue weighted by Gasteiger charge is 2.27. The molecule has 3 aromatic rings. The lowest BCUT2D eigenvalue weighted by atomic mass is 10.0. The number of piperidine rings is 1. The summed E-state index contributed by atoms with van der Waals surface area (Å²) in [6.07, 6.45) is 4.97. The molecule has 0 unspecified atom stereocenters. The number of nitrogens with zero attached hydrogens (tertiary/aromatic N) is 4. The summed E-state index contributed by atoms with van der Waals surface area (Å²) in [5, 5.41) is 10.9. The molecule has 2 aliphatic rings. The molecule has 1 aliphatic heterocycles. The van der Waals surface area contributed by atoms with Gasteiger partial charge >= 0.3 is 0 Å². The third kappa shape index (κ3) is 3.86. The number of imidazole rings is 1. The van der Waals surface area contributed by atoms with Gasteiger partial charge in [0.05, 0.1) is 11.0 Å². The van der Waals surface area contributed by atoms with Crippen LogP contribution in [0.2, 0.25) is 0 Å². The fourth-order valence-corrected chi connectivity index (χ4v) is 4.34. The first-order chi connectivity index (χ1) is 14.2. The van der Waals surface area contributed by atoms with Crippen molar-refractivity contribution in [3.63, 3.8) is 0 Å². The molecule has 5 rings (SSSR count). The van der Waals surface area contributed by atoms with E-state index in [-0.39, 0.29) is 11.9 Å². The second-order valence-corrected chi connectivity index (χ2v) is 8.33. The molecule has 1 aromatic carbocycles. The van der Waals surface area contributed by atoms with E-state index in [2.05, 4.69) is 42.1 Å². The van der Waals surface area contributed by atoms with Gasteiger partial charge in [0.2, 0.25) is 5.91 Å². The second-order valence-electron chi connectivity index (χ2n) is 8.33. The summed E-state index contributed by atoms with van der Waals surface area (Å²) in [5.74, 6) is 2.83. The molecular formula is C22H28N6O. The van der Waals surface area contributed by atoms with Gasteiger partial charge in [-0.15, -0.1) is 0 Å². The number of aromatic amines is 1. The van der Waals surface area contributed by atoms with Crippen LogP contribution in [-0.4, -0.2) is 44.8 Å².